The molecule has 2 fully saturated rings. The Bertz CT molecular complexity index is 612. The van der Waals surface area contributed by atoms with Gasteiger partial charge >= 0.3 is 6.03 Å². The monoisotopic (exact) mass is 345 g/mol. The SMILES string of the molecule is O=C1CCCCN1Cc1cccc(NC(=O)N2CCC(CO)CC2)c1. The Labute approximate surface area is 148 Å². The van der Waals surface area contributed by atoms with E-state index in [4.69, 9.17) is 0 Å². The standard InChI is InChI=1S/C19H27N3O3/c23-14-15-7-10-21(11-8-15)19(25)20-17-5-3-4-16(12-17)13-22-9-2-1-6-18(22)24/h3-5,12,15,23H,1-2,6-11,13-14H2,(H,20,25). The number of likely N-dealkylation sites (tertiary alicyclic amines) is 2. The van der Waals surface area contributed by atoms with Crippen LogP contribution in [0.15, 0.2) is 24.3 Å². The molecule has 25 heavy (non-hydrogen) atoms. The maximum atomic E-state index is 12.4. The summed E-state index contributed by atoms with van der Waals surface area (Å²) in [5.74, 6) is 0.530. The highest BCUT2D eigenvalue weighted by Gasteiger charge is 2.22. The molecule has 0 atom stereocenters. The lowest BCUT2D eigenvalue weighted by atomic mass is 9.98. The molecule has 2 saturated heterocycles. The highest BCUT2D eigenvalue weighted by Crippen LogP contribution is 2.19. The summed E-state index contributed by atoms with van der Waals surface area (Å²) in [6.07, 6.45) is 4.38. The van der Waals surface area contributed by atoms with Gasteiger partial charge in [0.05, 0.1) is 0 Å². The van der Waals surface area contributed by atoms with E-state index >= 15 is 0 Å². The lowest BCUT2D eigenvalue weighted by molar-refractivity contribution is -0.133. The Morgan fingerprint density at radius 2 is 2.00 bits per heavy atom. The fourth-order valence-corrected chi connectivity index (χ4v) is 3.52. The van der Waals surface area contributed by atoms with E-state index in [9.17, 15) is 14.7 Å². The van der Waals surface area contributed by atoms with E-state index in [1.807, 2.05) is 29.2 Å². The van der Waals surface area contributed by atoms with Gasteiger partial charge in [0.15, 0.2) is 0 Å². The highest BCUT2D eigenvalue weighted by molar-refractivity contribution is 5.89. The fraction of sp³-hybridized carbons (Fsp3) is 0.579. The first kappa shape index (κ1) is 17.7. The molecule has 0 bridgehead atoms. The number of aliphatic hydroxyl groups is 1. The number of carbonyl (C=O) groups excluding carboxylic acids is 2. The summed E-state index contributed by atoms with van der Waals surface area (Å²) >= 11 is 0. The number of amides is 3. The summed E-state index contributed by atoms with van der Waals surface area (Å²) in [4.78, 5) is 28.0. The van der Waals surface area contributed by atoms with Crippen LogP contribution in [-0.2, 0) is 11.3 Å². The fourth-order valence-electron chi connectivity index (χ4n) is 3.52. The molecular formula is C19H27N3O3. The van der Waals surface area contributed by atoms with Gasteiger partial charge < -0.3 is 20.2 Å². The van der Waals surface area contributed by atoms with Gasteiger partial charge in [0.1, 0.15) is 0 Å². The van der Waals surface area contributed by atoms with Crippen molar-refractivity contribution < 1.29 is 14.7 Å². The molecule has 3 amide bonds. The van der Waals surface area contributed by atoms with Crippen LogP contribution >= 0.6 is 0 Å². The average Bonchev–Trinajstić information content (AvgIpc) is 2.64. The molecule has 2 heterocycles. The van der Waals surface area contributed by atoms with E-state index < -0.39 is 0 Å². The summed E-state index contributed by atoms with van der Waals surface area (Å²) in [5, 5.41) is 12.1. The first-order valence-corrected chi connectivity index (χ1v) is 9.19. The minimum Gasteiger partial charge on any atom is -0.396 e. The molecule has 6 nitrogen and oxygen atoms in total. The minimum absolute atomic E-state index is 0.0948. The van der Waals surface area contributed by atoms with Gasteiger partial charge in [0.25, 0.3) is 0 Å². The van der Waals surface area contributed by atoms with E-state index in [1.54, 1.807) is 4.90 Å². The molecule has 0 aromatic heterocycles. The van der Waals surface area contributed by atoms with Crippen LogP contribution in [0.3, 0.4) is 0 Å². The number of hydrogen-bond acceptors (Lipinski definition) is 3. The molecule has 0 radical (unpaired) electrons. The number of aliphatic hydroxyl groups excluding tert-OH is 1. The number of rotatable bonds is 4. The Kier molecular flexibility index (Phi) is 5.91. The molecule has 3 rings (SSSR count). The van der Waals surface area contributed by atoms with Gasteiger partial charge in [-0.15, -0.1) is 0 Å². The van der Waals surface area contributed by atoms with Crippen LogP contribution < -0.4 is 5.32 Å². The van der Waals surface area contributed by atoms with Crippen LogP contribution in [0.4, 0.5) is 10.5 Å². The second kappa shape index (κ2) is 8.34. The number of nitrogens with one attached hydrogen (secondary N) is 1. The zero-order valence-corrected chi connectivity index (χ0v) is 14.6. The van der Waals surface area contributed by atoms with E-state index in [0.29, 0.717) is 32.0 Å². The van der Waals surface area contributed by atoms with Gasteiger partial charge in [0, 0.05) is 44.9 Å². The molecule has 0 saturated carbocycles. The Morgan fingerprint density at radius 1 is 1.20 bits per heavy atom. The summed E-state index contributed by atoms with van der Waals surface area (Å²) in [6.45, 7) is 2.98. The van der Waals surface area contributed by atoms with Crippen molar-refractivity contribution in [3.63, 3.8) is 0 Å². The normalized spacial score (nSPS) is 19.2. The number of anilines is 1. The molecule has 2 aliphatic heterocycles. The number of benzene rings is 1. The molecule has 1 aromatic carbocycles. The van der Waals surface area contributed by atoms with Gasteiger partial charge in [-0.3, -0.25) is 4.79 Å². The molecule has 136 valence electrons. The van der Waals surface area contributed by atoms with Crippen LogP contribution in [0.5, 0.6) is 0 Å². The zero-order valence-electron chi connectivity index (χ0n) is 14.6. The molecule has 6 heteroatoms. The molecular weight excluding hydrogens is 318 g/mol. The Balaban J connectivity index is 1.56. The van der Waals surface area contributed by atoms with Crippen LogP contribution in [0.1, 0.15) is 37.7 Å². The summed E-state index contributed by atoms with van der Waals surface area (Å²) in [5.41, 5.74) is 1.79. The van der Waals surface area contributed by atoms with Crippen molar-refractivity contribution >= 4 is 17.6 Å². The van der Waals surface area contributed by atoms with Crippen LogP contribution in [0.25, 0.3) is 0 Å². The van der Waals surface area contributed by atoms with E-state index in [-0.39, 0.29) is 18.5 Å². The quantitative estimate of drug-likeness (QED) is 0.880. The van der Waals surface area contributed by atoms with Crippen molar-refractivity contribution in [2.24, 2.45) is 5.92 Å². The average molecular weight is 345 g/mol. The smallest absolute Gasteiger partial charge is 0.321 e. The maximum absolute atomic E-state index is 12.4. The predicted octanol–water partition coefficient (Wildman–Crippen LogP) is 2.44. The Hall–Kier alpha value is -2.08. The summed E-state index contributed by atoms with van der Waals surface area (Å²) in [6, 6.07) is 7.63. The first-order valence-electron chi connectivity index (χ1n) is 9.19. The molecule has 0 aliphatic carbocycles. The largest absolute Gasteiger partial charge is 0.396 e. The van der Waals surface area contributed by atoms with Crippen LogP contribution in [0, 0.1) is 5.92 Å². The van der Waals surface area contributed by atoms with Crippen molar-refractivity contribution in [2.75, 3.05) is 31.6 Å². The van der Waals surface area contributed by atoms with Crippen LogP contribution in [-0.4, -0.2) is 53.1 Å². The van der Waals surface area contributed by atoms with Crippen molar-refractivity contribution in [3.8, 4) is 0 Å². The number of piperidine rings is 2. The molecule has 0 spiro atoms. The Morgan fingerprint density at radius 3 is 2.72 bits per heavy atom. The van der Waals surface area contributed by atoms with Gasteiger partial charge in [-0.05, 0) is 49.3 Å². The third-order valence-electron chi connectivity index (χ3n) is 5.13. The number of carbonyl (C=O) groups is 2. The van der Waals surface area contributed by atoms with Crippen molar-refractivity contribution in [2.45, 2.75) is 38.6 Å². The first-order chi connectivity index (χ1) is 12.2. The highest BCUT2D eigenvalue weighted by atomic mass is 16.3. The van der Waals surface area contributed by atoms with Crippen molar-refractivity contribution in [1.29, 1.82) is 0 Å². The third-order valence-corrected chi connectivity index (χ3v) is 5.13. The van der Waals surface area contributed by atoms with Crippen molar-refractivity contribution in [3.05, 3.63) is 29.8 Å². The van der Waals surface area contributed by atoms with Gasteiger partial charge in [-0.2, -0.15) is 0 Å². The van der Waals surface area contributed by atoms with Gasteiger partial charge in [-0.25, -0.2) is 4.79 Å². The van der Waals surface area contributed by atoms with E-state index in [1.165, 1.54) is 0 Å². The second-order valence-corrected chi connectivity index (χ2v) is 7.02. The summed E-state index contributed by atoms with van der Waals surface area (Å²) in [7, 11) is 0. The van der Waals surface area contributed by atoms with Gasteiger partial charge in [0.2, 0.25) is 5.91 Å². The molecule has 2 N–H and O–H groups in total. The number of urea groups is 1. The lowest BCUT2D eigenvalue weighted by Gasteiger charge is -2.31. The van der Waals surface area contributed by atoms with Crippen LogP contribution in [0.2, 0.25) is 0 Å². The number of hydrogen-bond donors (Lipinski definition) is 2. The second-order valence-electron chi connectivity index (χ2n) is 7.02. The summed E-state index contributed by atoms with van der Waals surface area (Å²) < 4.78 is 0. The topological polar surface area (TPSA) is 72.9 Å². The van der Waals surface area contributed by atoms with E-state index in [2.05, 4.69) is 5.32 Å². The molecule has 2 aliphatic rings. The van der Waals surface area contributed by atoms with Gasteiger partial charge in [-0.1, -0.05) is 12.1 Å². The third kappa shape index (κ3) is 4.72. The predicted molar refractivity (Wildman–Crippen MR) is 96.1 cm³/mol. The lowest BCUT2D eigenvalue weighted by Crippen LogP contribution is -2.41. The van der Waals surface area contributed by atoms with E-state index in [0.717, 1.165) is 43.5 Å². The maximum Gasteiger partial charge on any atom is 0.321 e. The molecule has 1 aromatic rings. The molecule has 0 unspecified atom stereocenters. The zero-order chi connectivity index (χ0) is 17.6. The minimum atomic E-state index is -0.0948. The van der Waals surface area contributed by atoms with Crippen molar-refractivity contribution in [1.82, 2.24) is 9.80 Å². The number of nitrogens with zero attached hydrogens (tertiary/aromatic N) is 2.